The number of ether oxygens (including phenoxy) is 1. The van der Waals surface area contributed by atoms with Crippen LogP contribution in [-0.4, -0.2) is 29.3 Å². The third kappa shape index (κ3) is 3.24. The summed E-state index contributed by atoms with van der Waals surface area (Å²) in [5, 5.41) is 13.7. The molecule has 7 heteroatoms. The van der Waals surface area contributed by atoms with Crippen LogP contribution in [0.1, 0.15) is 17.9 Å². The first kappa shape index (κ1) is 13.8. The van der Waals surface area contributed by atoms with Crippen LogP contribution in [0.2, 0.25) is 0 Å². The van der Waals surface area contributed by atoms with Gasteiger partial charge in [-0.25, -0.2) is 0 Å². The van der Waals surface area contributed by atoms with E-state index in [1.807, 2.05) is 0 Å². The molecule has 0 aromatic heterocycles. The van der Waals surface area contributed by atoms with Gasteiger partial charge in [0.2, 0.25) is 0 Å². The van der Waals surface area contributed by atoms with E-state index >= 15 is 0 Å². The molecule has 102 valence electrons. The minimum absolute atomic E-state index is 0.0322. The highest BCUT2D eigenvalue weighted by molar-refractivity contribution is 7.99. The predicted molar refractivity (Wildman–Crippen MR) is 71.9 cm³/mol. The number of hydrogen-bond donors (Lipinski definition) is 1. The lowest BCUT2D eigenvalue weighted by Crippen LogP contribution is -2.35. The van der Waals surface area contributed by atoms with Gasteiger partial charge in [0.1, 0.15) is 6.04 Å². The van der Waals surface area contributed by atoms with E-state index in [9.17, 15) is 14.9 Å². The van der Waals surface area contributed by atoms with Gasteiger partial charge in [-0.2, -0.15) is 0 Å². The quantitative estimate of drug-likeness (QED) is 0.515. The molecule has 0 aliphatic carbocycles. The van der Waals surface area contributed by atoms with Gasteiger partial charge in [0.15, 0.2) is 0 Å². The third-order valence-electron chi connectivity index (χ3n) is 2.76. The van der Waals surface area contributed by atoms with Crippen molar-refractivity contribution in [1.29, 1.82) is 0 Å². The van der Waals surface area contributed by atoms with Crippen molar-refractivity contribution in [1.82, 2.24) is 5.32 Å². The van der Waals surface area contributed by atoms with Gasteiger partial charge in [-0.3, -0.25) is 20.2 Å². The van der Waals surface area contributed by atoms with Crippen LogP contribution in [0.5, 0.6) is 0 Å². The molecule has 1 aromatic rings. The summed E-state index contributed by atoms with van der Waals surface area (Å²) in [6, 6.07) is 6.03. The minimum Gasteiger partial charge on any atom is -0.465 e. The number of thioether (sulfide) groups is 1. The Kier molecular flexibility index (Phi) is 4.39. The number of nitrogens with zero attached hydrogens (tertiary/aromatic N) is 1. The lowest BCUT2D eigenvalue weighted by Gasteiger charge is -2.12. The second-order valence-electron chi connectivity index (χ2n) is 4.03. The predicted octanol–water partition coefficient (Wildman–Crippen LogP) is 1.86. The average Bonchev–Trinajstić information content (AvgIpc) is 2.89. The Bertz CT molecular complexity index is 477. The molecular formula is C12H14N2O4S. The van der Waals surface area contributed by atoms with Crippen LogP contribution in [0.3, 0.4) is 0 Å². The lowest BCUT2D eigenvalue weighted by atomic mass is 10.2. The zero-order chi connectivity index (χ0) is 13.8. The number of nitro benzene ring substituents is 1. The van der Waals surface area contributed by atoms with Crippen LogP contribution in [0, 0.1) is 10.1 Å². The summed E-state index contributed by atoms with van der Waals surface area (Å²) in [4.78, 5) is 21.7. The minimum atomic E-state index is -0.430. The Labute approximate surface area is 114 Å². The van der Waals surface area contributed by atoms with Gasteiger partial charge in [-0.1, -0.05) is 0 Å². The maximum atomic E-state index is 11.6. The monoisotopic (exact) mass is 282 g/mol. The second kappa shape index (κ2) is 6.03. The first-order chi connectivity index (χ1) is 9.11. The molecule has 1 saturated heterocycles. The van der Waals surface area contributed by atoms with Crippen LogP contribution in [-0.2, 0) is 9.53 Å². The van der Waals surface area contributed by atoms with Crippen LogP contribution >= 0.6 is 11.8 Å². The van der Waals surface area contributed by atoms with E-state index in [1.165, 1.54) is 12.1 Å². The van der Waals surface area contributed by atoms with Crippen molar-refractivity contribution in [2.75, 3.05) is 12.4 Å². The number of esters is 1. The molecule has 0 unspecified atom stereocenters. The number of rotatable bonds is 4. The van der Waals surface area contributed by atoms with Crippen LogP contribution in [0.15, 0.2) is 24.3 Å². The standard InChI is InChI=1S/C12H14N2O4S/c1-2-18-12(15)10-7-19-11(13-10)8-3-5-9(6-4-8)14(16)17/h3-6,10-11,13H,2,7H2,1H3/t10-,11-/m1/s1. The van der Waals surface area contributed by atoms with E-state index in [-0.39, 0.29) is 23.1 Å². The SMILES string of the molecule is CCOC(=O)[C@H]1CS[C@H](c2ccc([N+](=O)[O-])cc2)N1. The van der Waals surface area contributed by atoms with Gasteiger partial charge in [0, 0.05) is 17.9 Å². The molecule has 1 aliphatic rings. The zero-order valence-electron chi connectivity index (χ0n) is 10.4. The number of nitrogens with one attached hydrogen (secondary N) is 1. The highest BCUT2D eigenvalue weighted by Gasteiger charge is 2.31. The van der Waals surface area contributed by atoms with E-state index in [2.05, 4.69) is 5.32 Å². The molecule has 1 aromatic carbocycles. The van der Waals surface area contributed by atoms with Gasteiger partial charge in [0.25, 0.3) is 5.69 Å². The van der Waals surface area contributed by atoms with E-state index < -0.39 is 4.92 Å². The first-order valence-corrected chi connectivity index (χ1v) is 6.95. The second-order valence-corrected chi connectivity index (χ2v) is 5.17. The molecule has 2 rings (SSSR count). The third-order valence-corrected chi connectivity index (χ3v) is 4.03. The number of hydrogen-bond acceptors (Lipinski definition) is 6. The van der Waals surface area contributed by atoms with Crippen molar-refractivity contribution in [3.05, 3.63) is 39.9 Å². The fraction of sp³-hybridized carbons (Fsp3) is 0.417. The Hall–Kier alpha value is -1.60. The molecule has 0 radical (unpaired) electrons. The smallest absolute Gasteiger partial charge is 0.324 e. The summed E-state index contributed by atoms with van der Waals surface area (Å²) >= 11 is 1.59. The van der Waals surface area contributed by atoms with Crippen LogP contribution in [0.25, 0.3) is 0 Å². The first-order valence-electron chi connectivity index (χ1n) is 5.90. The molecule has 0 spiro atoms. The van der Waals surface area contributed by atoms with Gasteiger partial charge in [-0.15, -0.1) is 11.8 Å². The van der Waals surface area contributed by atoms with E-state index in [4.69, 9.17) is 4.74 Å². The van der Waals surface area contributed by atoms with Crippen LogP contribution in [0.4, 0.5) is 5.69 Å². The van der Waals surface area contributed by atoms with Gasteiger partial charge in [-0.05, 0) is 24.6 Å². The molecule has 0 bridgehead atoms. The van der Waals surface area contributed by atoms with Gasteiger partial charge in [0.05, 0.1) is 16.9 Å². The molecule has 0 amide bonds. The summed E-state index contributed by atoms with van der Waals surface area (Å²) < 4.78 is 4.96. The van der Waals surface area contributed by atoms with E-state index in [1.54, 1.807) is 30.8 Å². The number of carbonyl (C=O) groups excluding carboxylic acids is 1. The Morgan fingerprint density at radius 1 is 1.53 bits per heavy atom. The fourth-order valence-electron chi connectivity index (χ4n) is 1.81. The summed E-state index contributed by atoms with van der Waals surface area (Å²) in [5.74, 6) is 0.389. The van der Waals surface area contributed by atoms with Crippen molar-refractivity contribution in [2.45, 2.75) is 18.3 Å². The molecular weight excluding hydrogens is 268 g/mol. The molecule has 2 atom stereocenters. The van der Waals surface area contributed by atoms with Crippen molar-refractivity contribution >= 4 is 23.4 Å². The van der Waals surface area contributed by atoms with Gasteiger partial charge >= 0.3 is 5.97 Å². The Balaban J connectivity index is 2.00. The molecule has 1 fully saturated rings. The summed E-state index contributed by atoms with van der Waals surface area (Å²) in [6.07, 6.45) is 0. The van der Waals surface area contributed by atoms with Crippen molar-refractivity contribution in [3.63, 3.8) is 0 Å². The van der Waals surface area contributed by atoms with Gasteiger partial charge < -0.3 is 4.74 Å². The molecule has 6 nitrogen and oxygen atoms in total. The van der Waals surface area contributed by atoms with E-state index in [0.29, 0.717) is 12.4 Å². The Morgan fingerprint density at radius 2 is 2.21 bits per heavy atom. The van der Waals surface area contributed by atoms with Crippen molar-refractivity contribution in [3.8, 4) is 0 Å². The highest BCUT2D eigenvalue weighted by Crippen LogP contribution is 2.33. The fourth-order valence-corrected chi connectivity index (χ4v) is 3.04. The maximum absolute atomic E-state index is 11.6. The molecule has 1 heterocycles. The highest BCUT2D eigenvalue weighted by atomic mass is 32.2. The summed E-state index contributed by atoms with van der Waals surface area (Å²) in [6.45, 7) is 2.14. The average molecular weight is 282 g/mol. The number of nitro groups is 1. The molecule has 1 N–H and O–H groups in total. The van der Waals surface area contributed by atoms with E-state index in [0.717, 1.165) is 5.56 Å². The zero-order valence-corrected chi connectivity index (χ0v) is 11.2. The Morgan fingerprint density at radius 3 is 2.79 bits per heavy atom. The normalized spacial score (nSPS) is 22.2. The number of carbonyl (C=O) groups is 1. The largest absolute Gasteiger partial charge is 0.465 e. The van der Waals surface area contributed by atoms with Crippen LogP contribution < -0.4 is 5.32 Å². The van der Waals surface area contributed by atoms with Crippen molar-refractivity contribution < 1.29 is 14.5 Å². The molecule has 19 heavy (non-hydrogen) atoms. The number of benzene rings is 1. The summed E-state index contributed by atoms with van der Waals surface area (Å²) in [5.41, 5.74) is 0.982. The molecule has 0 saturated carbocycles. The summed E-state index contributed by atoms with van der Waals surface area (Å²) in [7, 11) is 0. The molecule has 1 aliphatic heterocycles. The van der Waals surface area contributed by atoms with Crippen molar-refractivity contribution in [2.24, 2.45) is 0 Å². The topological polar surface area (TPSA) is 81.5 Å². The lowest BCUT2D eigenvalue weighted by molar-refractivity contribution is -0.384. The maximum Gasteiger partial charge on any atom is 0.324 e. The number of non-ortho nitro benzene ring substituents is 1.